The molecule has 7 rings (SSSR count). The van der Waals surface area contributed by atoms with Gasteiger partial charge in [-0.25, -0.2) is 23.5 Å². The third-order valence-electron chi connectivity index (χ3n) is 8.95. The maximum Gasteiger partial charge on any atom is 0.354 e. The number of carboxylic acid groups (broad SMARTS) is 1. The Morgan fingerprint density at radius 1 is 1.11 bits per heavy atom. The topological polar surface area (TPSA) is 89.7 Å². The number of hydrogen-bond acceptors (Lipinski definition) is 6. The second kappa shape index (κ2) is 11.3. The number of ether oxygens (including phenoxy) is 2. The molecule has 5 heterocycles. The monoisotopic (exact) mass is 620 g/mol. The number of carbonyl (C=O) groups is 1. The Hall–Kier alpha value is -3.86. The maximum absolute atomic E-state index is 15.5. The highest BCUT2D eigenvalue weighted by molar-refractivity contribution is 6.30. The number of aromatic nitrogens is 3. The lowest BCUT2D eigenvalue weighted by Gasteiger charge is -2.37. The van der Waals surface area contributed by atoms with E-state index in [9.17, 15) is 14.3 Å². The van der Waals surface area contributed by atoms with E-state index >= 15 is 4.39 Å². The minimum absolute atomic E-state index is 0.0184. The minimum atomic E-state index is -1.33. The second-order valence-electron chi connectivity index (χ2n) is 11.9. The molecule has 2 atom stereocenters. The highest BCUT2D eigenvalue weighted by Gasteiger charge is 2.38. The molecule has 0 saturated carbocycles. The molecule has 0 unspecified atom stereocenters. The van der Waals surface area contributed by atoms with E-state index in [1.807, 2.05) is 16.7 Å². The van der Waals surface area contributed by atoms with Crippen molar-refractivity contribution in [3.8, 4) is 5.75 Å². The van der Waals surface area contributed by atoms with Crippen LogP contribution >= 0.6 is 11.6 Å². The minimum Gasteiger partial charge on any atom is -0.477 e. The summed E-state index contributed by atoms with van der Waals surface area (Å²) < 4.78 is 44.6. The Morgan fingerprint density at radius 3 is 2.61 bits per heavy atom. The number of benzene rings is 2. The Morgan fingerprint density at radius 2 is 1.91 bits per heavy atom. The fourth-order valence-corrected chi connectivity index (χ4v) is 6.64. The van der Waals surface area contributed by atoms with Gasteiger partial charge in [-0.2, -0.15) is 0 Å². The molecule has 3 aliphatic heterocycles. The summed E-state index contributed by atoms with van der Waals surface area (Å²) in [5.74, 6) is -0.695. The third kappa shape index (κ3) is 5.25. The van der Waals surface area contributed by atoms with Crippen LogP contribution < -0.4 is 4.74 Å². The molecule has 2 aromatic carbocycles. The van der Waals surface area contributed by atoms with Crippen LogP contribution in [0.1, 0.15) is 65.1 Å². The van der Waals surface area contributed by atoms with Crippen molar-refractivity contribution in [2.24, 2.45) is 0 Å². The van der Waals surface area contributed by atoms with Crippen LogP contribution in [0, 0.1) is 5.82 Å². The smallest absolute Gasteiger partial charge is 0.354 e. The van der Waals surface area contributed by atoms with Crippen LogP contribution in [0.2, 0.25) is 5.02 Å². The van der Waals surface area contributed by atoms with Crippen LogP contribution in [0.5, 0.6) is 5.75 Å². The summed E-state index contributed by atoms with van der Waals surface area (Å²) in [5, 5.41) is 9.74. The molecular weight excluding hydrogens is 590 g/mol. The standard InChI is InChI=1S/C33H31ClF2N4O4/c1-33(24-6-5-20(34)15-25(24)35)16-26(36)23-4-2-3-22(30(23)44-33)19-9-12-39(13-10-19)18-29-37-27-7-8-28(32(41)42)38-31(27)40(29)17-21-11-14-43-21/h2-8,15-16,19,21H,9-14,17-18H2,1H3,(H,41,42)/t21-,33+/m0/s1. The number of halogens is 3. The largest absolute Gasteiger partial charge is 0.477 e. The number of nitrogens with zero attached hydrogens (tertiary/aromatic N) is 4. The number of likely N-dealkylation sites (tertiary alicyclic amines) is 1. The van der Waals surface area contributed by atoms with Crippen LogP contribution in [0.15, 0.2) is 54.6 Å². The van der Waals surface area contributed by atoms with Crippen molar-refractivity contribution in [1.82, 2.24) is 19.4 Å². The van der Waals surface area contributed by atoms with Crippen molar-refractivity contribution in [2.45, 2.75) is 56.9 Å². The molecule has 0 radical (unpaired) electrons. The van der Waals surface area contributed by atoms with Gasteiger partial charge in [-0.3, -0.25) is 4.90 Å². The van der Waals surface area contributed by atoms with Gasteiger partial charge in [0.15, 0.2) is 16.9 Å². The molecule has 44 heavy (non-hydrogen) atoms. The van der Waals surface area contributed by atoms with Crippen LogP contribution in [-0.4, -0.2) is 56.3 Å². The average Bonchev–Trinajstić information content (AvgIpc) is 3.30. The summed E-state index contributed by atoms with van der Waals surface area (Å²) >= 11 is 5.97. The highest BCUT2D eigenvalue weighted by atomic mass is 35.5. The number of pyridine rings is 1. The van der Waals surface area contributed by atoms with Crippen molar-refractivity contribution >= 4 is 34.6 Å². The van der Waals surface area contributed by atoms with Crippen molar-refractivity contribution in [3.05, 3.63) is 93.7 Å². The van der Waals surface area contributed by atoms with E-state index in [0.717, 1.165) is 43.7 Å². The summed E-state index contributed by atoms with van der Waals surface area (Å²) in [5.41, 5.74) is 1.35. The fraction of sp³-hybridized carbons (Fsp3) is 0.364. The number of carboxylic acids is 1. The molecule has 228 valence electrons. The van der Waals surface area contributed by atoms with E-state index in [-0.39, 0.29) is 28.3 Å². The lowest BCUT2D eigenvalue weighted by Crippen LogP contribution is -2.36. The summed E-state index contributed by atoms with van der Waals surface area (Å²) in [6.45, 7) is 5.06. The number of aromatic carboxylic acids is 1. The molecule has 1 N–H and O–H groups in total. The van der Waals surface area contributed by atoms with Crippen LogP contribution in [-0.2, 0) is 23.4 Å². The molecule has 2 fully saturated rings. The van der Waals surface area contributed by atoms with Gasteiger partial charge in [0.25, 0.3) is 0 Å². The van der Waals surface area contributed by atoms with Gasteiger partial charge in [0, 0.05) is 17.2 Å². The number of para-hydroxylation sites is 1. The SMILES string of the molecule is C[C@]1(c2ccc(Cl)cc2F)C=C(F)c2cccc(C3CCN(Cc4nc5ccc(C(=O)O)nc5n4C[C@@H]4CCO4)CC3)c2O1. The van der Waals surface area contributed by atoms with Crippen molar-refractivity contribution < 1.29 is 28.2 Å². The maximum atomic E-state index is 15.5. The van der Waals surface area contributed by atoms with Crippen molar-refractivity contribution in [1.29, 1.82) is 0 Å². The van der Waals surface area contributed by atoms with Gasteiger partial charge in [0.2, 0.25) is 0 Å². The van der Waals surface area contributed by atoms with Crippen LogP contribution in [0.25, 0.3) is 17.0 Å². The zero-order valence-electron chi connectivity index (χ0n) is 24.1. The van der Waals surface area contributed by atoms with Gasteiger partial charge in [0.05, 0.1) is 24.8 Å². The van der Waals surface area contributed by atoms with E-state index < -0.39 is 23.2 Å². The lowest BCUT2D eigenvalue weighted by atomic mass is 9.85. The highest BCUT2D eigenvalue weighted by Crippen LogP contribution is 2.47. The van der Waals surface area contributed by atoms with Gasteiger partial charge in [-0.15, -0.1) is 0 Å². The number of rotatable bonds is 7. The van der Waals surface area contributed by atoms with E-state index in [1.54, 1.807) is 25.1 Å². The molecule has 0 amide bonds. The normalized spacial score (nSPS) is 22.3. The second-order valence-corrected chi connectivity index (χ2v) is 12.3. The van der Waals surface area contributed by atoms with Crippen LogP contribution in [0.4, 0.5) is 8.78 Å². The lowest BCUT2D eigenvalue weighted by molar-refractivity contribution is -0.0593. The predicted molar refractivity (Wildman–Crippen MR) is 161 cm³/mol. The molecule has 4 aromatic rings. The van der Waals surface area contributed by atoms with Gasteiger partial charge in [0.1, 0.15) is 28.7 Å². The number of fused-ring (bicyclic) bond motifs is 2. The molecular formula is C33H31ClF2N4O4. The molecule has 8 nitrogen and oxygen atoms in total. The fourth-order valence-electron chi connectivity index (χ4n) is 6.48. The Labute approximate surface area is 257 Å². The first-order valence-corrected chi connectivity index (χ1v) is 15.2. The zero-order chi connectivity index (χ0) is 30.6. The Bertz CT molecular complexity index is 1800. The van der Waals surface area contributed by atoms with E-state index in [1.165, 1.54) is 24.3 Å². The van der Waals surface area contributed by atoms with Crippen molar-refractivity contribution in [2.75, 3.05) is 19.7 Å². The number of piperidine rings is 1. The Balaban J connectivity index is 1.11. The van der Waals surface area contributed by atoms with Gasteiger partial charge in [-0.1, -0.05) is 29.8 Å². The quantitative estimate of drug-likeness (QED) is 0.246. The first-order valence-electron chi connectivity index (χ1n) is 14.8. The summed E-state index contributed by atoms with van der Waals surface area (Å²) in [4.78, 5) is 23.1. The molecule has 0 spiro atoms. The van der Waals surface area contributed by atoms with Gasteiger partial charge < -0.3 is 19.1 Å². The molecule has 3 aliphatic rings. The van der Waals surface area contributed by atoms with E-state index in [0.29, 0.717) is 42.2 Å². The Kier molecular flexibility index (Phi) is 7.39. The first kappa shape index (κ1) is 28.9. The first-order chi connectivity index (χ1) is 21.2. The number of imidazole rings is 1. The molecule has 2 saturated heterocycles. The molecule has 0 bridgehead atoms. The number of hydrogen-bond donors (Lipinski definition) is 1. The predicted octanol–water partition coefficient (Wildman–Crippen LogP) is 6.71. The van der Waals surface area contributed by atoms with Gasteiger partial charge in [-0.05, 0) is 87.2 Å². The molecule has 2 aromatic heterocycles. The third-order valence-corrected chi connectivity index (χ3v) is 9.18. The van der Waals surface area contributed by atoms with Gasteiger partial charge >= 0.3 is 5.97 Å². The van der Waals surface area contributed by atoms with E-state index in [2.05, 4.69) is 9.88 Å². The summed E-state index contributed by atoms with van der Waals surface area (Å²) in [6.07, 6.45) is 3.93. The average molecular weight is 621 g/mol. The van der Waals surface area contributed by atoms with Crippen molar-refractivity contribution in [3.63, 3.8) is 0 Å². The molecule has 0 aliphatic carbocycles. The van der Waals surface area contributed by atoms with Crippen LogP contribution in [0.3, 0.4) is 0 Å². The molecule has 11 heteroatoms. The van der Waals surface area contributed by atoms with E-state index in [4.69, 9.17) is 26.1 Å². The zero-order valence-corrected chi connectivity index (χ0v) is 24.9. The summed E-state index contributed by atoms with van der Waals surface area (Å²) in [6, 6.07) is 13.0. The summed E-state index contributed by atoms with van der Waals surface area (Å²) in [7, 11) is 0.